The van der Waals surface area contributed by atoms with Gasteiger partial charge in [-0.3, -0.25) is 0 Å². The average Bonchev–Trinajstić information content (AvgIpc) is 2.60. The Hall–Kier alpha value is -0.850. The van der Waals surface area contributed by atoms with E-state index in [1.807, 2.05) is 11.6 Å². The van der Waals surface area contributed by atoms with E-state index in [0.29, 0.717) is 16.8 Å². The molecule has 7 heteroatoms. The zero-order chi connectivity index (χ0) is 12.0. The first kappa shape index (κ1) is 13.2. The molecule has 0 aliphatic carbocycles. The van der Waals surface area contributed by atoms with E-state index >= 15 is 0 Å². The Morgan fingerprint density at radius 2 is 2.31 bits per heavy atom. The molecule has 1 aromatic rings. The van der Waals surface area contributed by atoms with Gasteiger partial charge in [0.05, 0.1) is 12.7 Å². The number of hydrogen-bond donors (Lipinski definition) is 3. The first-order chi connectivity index (χ1) is 7.65. The molecule has 0 spiro atoms. The van der Waals surface area contributed by atoms with Crippen LogP contribution >= 0.6 is 23.8 Å². The number of imidazole rings is 1. The Kier molecular flexibility index (Phi) is 5.51. The monoisotopic (exact) mass is 261 g/mol. The van der Waals surface area contributed by atoms with Gasteiger partial charge < -0.3 is 20.5 Å². The van der Waals surface area contributed by atoms with Gasteiger partial charge in [0.2, 0.25) is 0 Å². The number of thiocarbonyl (C=S) groups is 1. The van der Waals surface area contributed by atoms with Crippen LogP contribution in [0.5, 0.6) is 0 Å². The zero-order valence-corrected chi connectivity index (χ0v) is 11.0. The van der Waals surface area contributed by atoms with Crippen molar-refractivity contribution in [1.82, 2.24) is 25.5 Å². The Morgan fingerprint density at radius 1 is 1.56 bits per heavy atom. The SMILES string of the molecule is CNC(=S)NCCNCc1ncc(Cl)n1C. The number of aromatic nitrogens is 2. The van der Waals surface area contributed by atoms with Crippen LogP contribution in [-0.4, -0.2) is 34.8 Å². The van der Waals surface area contributed by atoms with Crippen LogP contribution in [0, 0.1) is 0 Å². The van der Waals surface area contributed by atoms with E-state index in [9.17, 15) is 0 Å². The molecule has 0 aliphatic rings. The summed E-state index contributed by atoms with van der Waals surface area (Å²) in [6.45, 7) is 2.28. The predicted octanol–water partition coefficient (Wildman–Crippen LogP) is 0.257. The van der Waals surface area contributed by atoms with Crippen molar-refractivity contribution < 1.29 is 0 Å². The minimum Gasteiger partial charge on any atom is -0.366 e. The fraction of sp³-hybridized carbons (Fsp3) is 0.556. The first-order valence-electron chi connectivity index (χ1n) is 4.97. The van der Waals surface area contributed by atoms with Gasteiger partial charge in [0, 0.05) is 27.2 Å². The van der Waals surface area contributed by atoms with Crippen LogP contribution in [0.1, 0.15) is 5.82 Å². The standard InChI is InChI=1S/C9H16ClN5S/c1-11-9(16)13-4-3-12-6-8-14-5-7(10)15(8)2/h5,12H,3-4,6H2,1-2H3,(H2,11,13,16). The van der Waals surface area contributed by atoms with Gasteiger partial charge in [0.1, 0.15) is 11.0 Å². The van der Waals surface area contributed by atoms with Crippen LogP contribution < -0.4 is 16.0 Å². The second kappa shape index (κ2) is 6.67. The minimum atomic E-state index is 0.645. The fourth-order valence-corrected chi connectivity index (χ4v) is 1.39. The fourth-order valence-electron chi connectivity index (χ4n) is 1.14. The molecule has 0 radical (unpaired) electrons. The highest BCUT2D eigenvalue weighted by Crippen LogP contribution is 2.08. The van der Waals surface area contributed by atoms with E-state index in [-0.39, 0.29) is 0 Å². The molecule has 5 nitrogen and oxygen atoms in total. The Morgan fingerprint density at radius 3 is 2.88 bits per heavy atom. The third kappa shape index (κ3) is 3.96. The molecule has 0 unspecified atom stereocenters. The van der Waals surface area contributed by atoms with Gasteiger partial charge in [-0.15, -0.1) is 0 Å². The minimum absolute atomic E-state index is 0.645. The number of hydrogen-bond acceptors (Lipinski definition) is 3. The molecule has 0 atom stereocenters. The molecule has 0 aromatic carbocycles. The van der Waals surface area contributed by atoms with Crippen molar-refractivity contribution in [2.45, 2.75) is 6.54 Å². The molecule has 0 saturated heterocycles. The summed E-state index contributed by atoms with van der Waals surface area (Å²) >= 11 is 10.8. The molecule has 0 fully saturated rings. The first-order valence-corrected chi connectivity index (χ1v) is 5.76. The van der Waals surface area contributed by atoms with Crippen molar-refractivity contribution in [1.29, 1.82) is 0 Å². The van der Waals surface area contributed by atoms with Gasteiger partial charge in [-0.2, -0.15) is 0 Å². The molecule has 0 bridgehead atoms. The second-order valence-corrected chi connectivity index (χ2v) is 4.03. The lowest BCUT2D eigenvalue weighted by molar-refractivity contribution is 0.629. The van der Waals surface area contributed by atoms with Crippen LogP contribution in [0.2, 0.25) is 5.15 Å². The molecule has 90 valence electrons. The number of nitrogens with zero attached hydrogens (tertiary/aromatic N) is 2. The van der Waals surface area contributed by atoms with Gasteiger partial charge in [0.25, 0.3) is 0 Å². The van der Waals surface area contributed by atoms with E-state index in [4.69, 9.17) is 23.8 Å². The topological polar surface area (TPSA) is 53.9 Å². The smallest absolute Gasteiger partial charge is 0.166 e. The summed E-state index contributed by atoms with van der Waals surface area (Å²) in [6.07, 6.45) is 1.65. The lowest BCUT2D eigenvalue weighted by Gasteiger charge is -2.08. The highest BCUT2D eigenvalue weighted by molar-refractivity contribution is 7.80. The Labute approximate surface area is 106 Å². The van der Waals surface area contributed by atoms with Crippen LogP contribution in [0.3, 0.4) is 0 Å². The van der Waals surface area contributed by atoms with Crippen LogP contribution in [0.25, 0.3) is 0 Å². The van der Waals surface area contributed by atoms with Crippen LogP contribution in [0.15, 0.2) is 6.20 Å². The van der Waals surface area contributed by atoms with Crippen molar-refractivity contribution in [2.75, 3.05) is 20.1 Å². The van der Waals surface area contributed by atoms with Crippen LogP contribution in [-0.2, 0) is 13.6 Å². The summed E-state index contributed by atoms with van der Waals surface area (Å²) in [5.74, 6) is 0.918. The van der Waals surface area contributed by atoms with Gasteiger partial charge >= 0.3 is 0 Å². The van der Waals surface area contributed by atoms with E-state index in [2.05, 4.69) is 20.9 Å². The predicted molar refractivity (Wildman–Crippen MR) is 69.6 cm³/mol. The van der Waals surface area contributed by atoms with Gasteiger partial charge in [-0.25, -0.2) is 4.98 Å². The molecule has 3 N–H and O–H groups in total. The maximum atomic E-state index is 5.86. The van der Waals surface area contributed by atoms with E-state index in [1.54, 1.807) is 13.2 Å². The van der Waals surface area contributed by atoms with Gasteiger partial charge in [-0.05, 0) is 12.2 Å². The summed E-state index contributed by atoms with van der Waals surface area (Å²) in [5.41, 5.74) is 0. The second-order valence-electron chi connectivity index (χ2n) is 3.24. The van der Waals surface area contributed by atoms with E-state index in [0.717, 1.165) is 18.9 Å². The molecular weight excluding hydrogens is 246 g/mol. The average molecular weight is 262 g/mol. The molecule has 0 aliphatic heterocycles. The van der Waals surface area contributed by atoms with E-state index in [1.165, 1.54) is 0 Å². The molecule has 16 heavy (non-hydrogen) atoms. The summed E-state index contributed by atoms with van der Waals surface area (Å²) in [4.78, 5) is 4.17. The van der Waals surface area contributed by atoms with E-state index < -0.39 is 0 Å². The summed E-state index contributed by atoms with van der Waals surface area (Å²) in [6, 6.07) is 0. The van der Waals surface area contributed by atoms with Crippen molar-refractivity contribution in [3.63, 3.8) is 0 Å². The summed E-state index contributed by atoms with van der Waals surface area (Å²) in [5, 5.41) is 10.4. The third-order valence-electron chi connectivity index (χ3n) is 2.13. The largest absolute Gasteiger partial charge is 0.366 e. The summed E-state index contributed by atoms with van der Waals surface area (Å²) in [7, 11) is 3.68. The van der Waals surface area contributed by atoms with Crippen molar-refractivity contribution in [3.05, 3.63) is 17.2 Å². The molecule has 1 rings (SSSR count). The van der Waals surface area contributed by atoms with Crippen molar-refractivity contribution >= 4 is 28.9 Å². The van der Waals surface area contributed by atoms with Crippen molar-refractivity contribution in [2.24, 2.45) is 7.05 Å². The highest BCUT2D eigenvalue weighted by Gasteiger charge is 2.02. The lowest BCUT2D eigenvalue weighted by Crippen LogP contribution is -2.37. The highest BCUT2D eigenvalue weighted by atomic mass is 35.5. The van der Waals surface area contributed by atoms with Crippen LogP contribution in [0.4, 0.5) is 0 Å². The molecular formula is C9H16ClN5S. The zero-order valence-electron chi connectivity index (χ0n) is 9.38. The van der Waals surface area contributed by atoms with Gasteiger partial charge in [-0.1, -0.05) is 11.6 Å². The normalized spacial score (nSPS) is 10.2. The third-order valence-corrected chi connectivity index (χ3v) is 2.82. The van der Waals surface area contributed by atoms with Crippen molar-refractivity contribution in [3.8, 4) is 0 Å². The Bertz CT molecular complexity index is 352. The lowest BCUT2D eigenvalue weighted by atomic mass is 10.5. The molecule has 1 aromatic heterocycles. The molecule has 0 amide bonds. The number of nitrogens with one attached hydrogen (secondary N) is 3. The quantitative estimate of drug-likeness (QED) is 0.524. The molecule has 1 heterocycles. The number of rotatable bonds is 5. The maximum absolute atomic E-state index is 5.86. The Balaban J connectivity index is 2.16. The summed E-state index contributed by atoms with van der Waals surface area (Å²) < 4.78 is 1.85. The van der Waals surface area contributed by atoms with Gasteiger partial charge in [0.15, 0.2) is 5.11 Å². The number of halogens is 1. The molecule has 0 saturated carbocycles. The maximum Gasteiger partial charge on any atom is 0.166 e.